The molecule has 0 radical (unpaired) electrons. The number of benzene rings is 2. The molecule has 1 atom stereocenters. The van der Waals surface area contributed by atoms with Crippen LogP contribution in [0.15, 0.2) is 46.9 Å². The summed E-state index contributed by atoms with van der Waals surface area (Å²) in [5.41, 5.74) is 4.78. The minimum absolute atomic E-state index is 0.0621. The average Bonchev–Trinajstić information content (AvgIpc) is 2.40. The molecule has 3 N–H and O–H groups in total. The molecule has 0 saturated carbocycles. The van der Waals surface area contributed by atoms with Gasteiger partial charge >= 0.3 is 0 Å². The first kappa shape index (κ1) is 14.8. The average molecular weight is 360 g/mol. The standard InChI is InChI=1S/C14H13BrCl2N2/c15-11-5-2-1-4-9(11)14(19-18)8-10-12(16)6-3-7-13(10)17/h1-7,14,19H,8,18H2. The van der Waals surface area contributed by atoms with E-state index in [1.165, 1.54) is 0 Å². The quantitative estimate of drug-likeness (QED) is 0.622. The van der Waals surface area contributed by atoms with E-state index in [1.807, 2.05) is 42.5 Å². The summed E-state index contributed by atoms with van der Waals surface area (Å²) >= 11 is 15.9. The molecule has 2 rings (SSSR count). The predicted molar refractivity (Wildman–Crippen MR) is 84.4 cm³/mol. The summed E-state index contributed by atoms with van der Waals surface area (Å²) < 4.78 is 1.00. The Labute approximate surface area is 131 Å². The molecule has 2 aromatic carbocycles. The fourth-order valence-electron chi connectivity index (χ4n) is 1.95. The summed E-state index contributed by atoms with van der Waals surface area (Å²) in [6, 6.07) is 13.4. The first-order valence-corrected chi connectivity index (χ1v) is 7.32. The highest BCUT2D eigenvalue weighted by Crippen LogP contribution is 2.31. The summed E-state index contributed by atoms with van der Waals surface area (Å²) in [7, 11) is 0. The first-order chi connectivity index (χ1) is 9.13. The van der Waals surface area contributed by atoms with E-state index in [4.69, 9.17) is 29.0 Å². The fourth-order valence-corrected chi connectivity index (χ4v) is 3.06. The highest BCUT2D eigenvalue weighted by atomic mass is 79.9. The van der Waals surface area contributed by atoms with Gasteiger partial charge in [-0.25, -0.2) is 0 Å². The van der Waals surface area contributed by atoms with Gasteiger partial charge in [0, 0.05) is 14.5 Å². The van der Waals surface area contributed by atoms with Crippen molar-refractivity contribution in [1.82, 2.24) is 5.43 Å². The van der Waals surface area contributed by atoms with E-state index < -0.39 is 0 Å². The molecule has 2 nitrogen and oxygen atoms in total. The zero-order valence-corrected chi connectivity index (χ0v) is 13.1. The number of nitrogens with one attached hydrogen (secondary N) is 1. The van der Waals surface area contributed by atoms with Gasteiger partial charge in [-0.05, 0) is 35.7 Å². The SMILES string of the molecule is NNC(Cc1c(Cl)cccc1Cl)c1ccccc1Br. The highest BCUT2D eigenvalue weighted by Gasteiger charge is 2.16. The fraction of sp³-hybridized carbons (Fsp3) is 0.143. The Kier molecular flexibility index (Phi) is 5.25. The number of hydrogen-bond acceptors (Lipinski definition) is 2. The molecule has 0 saturated heterocycles. The summed E-state index contributed by atoms with van der Waals surface area (Å²) in [5.74, 6) is 5.66. The van der Waals surface area contributed by atoms with Gasteiger partial charge in [-0.15, -0.1) is 0 Å². The van der Waals surface area contributed by atoms with E-state index in [1.54, 1.807) is 0 Å². The molecule has 0 fully saturated rings. The molecule has 1 unspecified atom stereocenters. The summed E-state index contributed by atoms with van der Waals surface area (Å²) in [6.07, 6.45) is 0.623. The first-order valence-electron chi connectivity index (χ1n) is 5.77. The molecule has 2 aromatic rings. The van der Waals surface area contributed by atoms with Crippen molar-refractivity contribution in [3.63, 3.8) is 0 Å². The molecule has 19 heavy (non-hydrogen) atoms. The third-order valence-corrected chi connectivity index (χ3v) is 4.38. The molecule has 0 aromatic heterocycles. The van der Waals surface area contributed by atoms with Gasteiger partial charge < -0.3 is 0 Å². The predicted octanol–water partition coefficient (Wildman–Crippen LogP) is 4.50. The lowest BCUT2D eigenvalue weighted by Gasteiger charge is -2.19. The Morgan fingerprint density at radius 2 is 1.68 bits per heavy atom. The summed E-state index contributed by atoms with van der Waals surface area (Å²) in [6.45, 7) is 0. The number of halogens is 3. The number of hydrazine groups is 1. The monoisotopic (exact) mass is 358 g/mol. The van der Waals surface area contributed by atoms with Gasteiger partial charge in [0.15, 0.2) is 0 Å². The maximum absolute atomic E-state index is 6.19. The van der Waals surface area contributed by atoms with Crippen molar-refractivity contribution in [1.29, 1.82) is 0 Å². The second-order valence-corrected chi connectivity index (χ2v) is 5.81. The normalized spacial score (nSPS) is 12.4. The topological polar surface area (TPSA) is 38.0 Å². The zero-order chi connectivity index (χ0) is 13.8. The van der Waals surface area contributed by atoms with Crippen LogP contribution >= 0.6 is 39.1 Å². The lowest BCUT2D eigenvalue weighted by Crippen LogP contribution is -2.30. The van der Waals surface area contributed by atoms with Crippen molar-refractivity contribution in [3.05, 3.63) is 68.1 Å². The molecule has 5 heteroatoms. The minimum atomic E-state index is -0.0621. The molecule has 0 spiro atoms. The minimum Gasteiger partial charge on any atom is -0.271 e. The summed E-state index contributed by atoms with van der Waals surface area (Å²) in [5, 5.41) is 1.31. The van der Waals surface area contributed by atoms with Crippen molar-refractivity contribution in [2.45, 2.75) is 12.5 Å². The Morgan fingerprint density at radius 3 is 2.26 bits per heavy atom. The van der Waals surface area contributed by atoms with Crippen molar-refractivity contribution >= 4 is 39.1 Å². The van der Waals surface area contributed by atoms with Crippen molar-refractivity contribution in [2.75, 3.05) is 0 Å². The second-order valence-electron chi connectivity index (χ2n) is 4.15. The molecular weight excluding hydrogens is 347 g/mol. The van der Waals surface area contributed by atoms with Crippen LogP contribution in [0.1, 0.15) is 17.2 Å². The third kappa shape index (κ3) is 3.50. The summed E-state index contributed by atoms with van der Waals surface area (Å²) in [4.78, 5) is 0. The second kappa shape index (κ2) is 6.73. The van der Waals surface area contributed by atoms with E-state index in [0.29, 0.717) is 16.5 Å². The molecule has 0 aliphatic carbocycles. The van der Waals surface area contributed by atoms with Gasteiger partial charge in [-0.3, -0.25) is 11.3 Å². The van der Waals surface area contributed by atoms with Crippen LogP contribution in [0.4, 0.5) is 0 Å². The van der Waals surface area contributed by atoms with Crippen LogP contribution in [0.5, 0.6) is 0 Å². The van der Waals surface area contributed by atoms with Crippen molar-refractivity contribution < 1.29 is 0 Å². The molecule has 0 aliphatic heterocycles. The maximum Gasteiger partial charge on any atom is 0.0512 e. The lowest BCUT2D eigenvalue weighted by molar-refractivity contribution is 0.550. The third-order valence-electron chi connectivity index (χ3n) is 2.95. The Bertz CT molecular complexity index is 555. The van der Waals surface area contributed by atoms with Gasteiger partial charge in [-0.1, -0.05) is 63.4 Å². The van der Waals surface area contributed by atoms with E-state index >= 15 is 0 Å². The van der Waals surface area contributed by atoms with Crippen LogP contribution < -0.4 is 11.3 Å². The molecule has 100 valence electrons. The van der Waals surface area contributed by atoms with E-state index in [-0.39, 0.29) is 6.04 Å². The largest absolute Gasteiger partial charge is 0.271 e. The van der Waals surface area contributed by atoms with Gasteiger partial charge in [0.05, 0.1) is 6.04 Å². The van der Waals surface area contributed by atoms with Gasteiger partial charge in [-0.2, -0.15) is 0 Å². The van der Waals surface area contributed by atoms with E-state index in [9.17, 15) is 0 Å². The van der Waals surface area contributed by atoms with Crippen LogP contribution in [-0.2, 0) is 6.42 Å². The van der Waals surface area contributed by atoms with E-state index in [0.717, 1.165) is 15.6 Å². The van der Waals surface area contributed by atoms with Crippen LogP contribution in [0.25, 0.3) is 0 Å². The smallest absolute Gasteiger partial charge is 0.0512 e. The molecule has 0 amide bonds. The van der Waals surface area contributed by atoms with Gasteiger partial charge in [0.25, 0.3) is 0 Å². The van der Waals surface area contributed by atoms with Gasteiger partial charge in [0.1, 0.15) is 0 Å². The molecular formula is C14H13BrCl2N2. The number of hydrogen-bond donors (Lipinski definition) is 2. The lowest BCUT2D eigenvalue weighted by atomic mass is 9.99. The molecule has 0 aliphatic rings. The van der Waals surface area contributed by atoms with Crippen molar-refractivity contribution in [2.24, 2.45) is 5.84 Å². The van der Waals surface area contributed by atoms with E-state index in [2.05, 4.69) is 21.4 Å². The van der Waals surface area contributed by atoms with Gasteiger partial charge in [0.2, 0.25) is 0 Å². The van der Waals surface area contributed by atoms with Crippen LogP contribution in [0, 0.1) is 0 Å². The molecule has 0 bridgehead atoms. The van der Waals surface area contributed by atoms with Crippen LogP contribution in [0.2, 0.25) is 10.0 Å². The van der Waals surface area contributed by atoms with Crippen LogP contribution in [0.3, 0.4) is 0 Å². The molecule has 0 heterocycles. The number of rotatable bonds is 4. The number of nitrogens with two attached hydrogens (primary N) is 1. The highest BCUT2D eigenvalue weighted by molar-refractivity contribution is 9.10. The Hall–Kier alpha value is -0.580. The van der Waals surface area contributed by atoms with Crippen molar-refractivity contribution in [3.8, 4) is 0 Å². The Morgan fingerprint density at radius 1 is 1.05 bits per heavy atom. The van der Waals surface area contributed by atoms with Crippen LogP contribution in [-0.4, -0.2) is 0 Å². The maximum atomic E-state index is 6.19. The Balaban J connectivity index is 2.32. The zero-order valence-electron chi connectivity index (χ0n) is 10.0.